The third-order valence-electron chi connectivity index (χ3n) is 0.261. The van der Waals surface area contributed by atoms with Crippen molar-refractivity contribution in [3.63, 3.8) is 0 Å². The fourth-order valence-corrected chi connectivity index (χ4v) is 0.296. The van der Waals surface area contributed by atoms with Crippen molar-refractivity contribution < 1.29 is 9.46 Å². The molecular weight excluding hydrogens is 131 g/mol. The summed E-state index contributed by atoms with van der Waals surface area (Å²) in [4.78, 5) is 9.61. The lowest BCUT2D eigenvalue weighted by molar-refractivity contribution is -0.167. The first-order chi connectivity index (χ1) is 3.63. The molecule has 0 aromatic carbocycles. The Morgan fingerprint density at radius 3 is 2.38 bits per heavy atom. The Bertz CT molecular complexity index is 117. The highest BCUT2D eigenvalue weighted by atomic mass is 31.1. The van der Waals surface area contributed by atoms with Crippen molar-refractivity contribution >= 4 is 14.1 Å². The van der Waals surface area contributed by atoms with Gasteiger partial charge in [-0.25, -0.2) is 0 Å². The Kier molecular flexibility index (Phi) is 2.83. The minimum absolute atomic E-state index is 0.316. The topological polar surface area (TPSA) is 117 Å². The van der Waals surface area contributed by atoms with Crippen molar-refractivity contribution in [3.8, 4) is 0 Å². The summed E-state index contributed by atoms with van der Waals surface area (Å²) >= 11 is 0. The molecule has 6 nitrogen and oxygen atoms in total. The van der Waals surface area contributed by atoms with Crippen molar-refractivity contribution in [2.24, 2.45) is 16.6 Å². The van der Waals surface area contributed by atoms with E-state index in [2.05, 4.69) is 5.10 Å². The molecule has 8 heavy (non-hydrogen) atoms. The average Bonchev–Trinajstić information content (AvgIpc) is 1.61. The third kappa shape index (κ3) is 5.13. The van der Waals surface area contributed by atoms with Crippen LogP contribution in [0.1, 0.15) is 0 Å². The van der Waals surface area contributed by atoms with Crippen LogP contribution in [-0.4, -0.2) is 5.96 Å². The molecule has 0 aliphatic carbocycles. The van der Waals surface area contributed by atoms with Gasteiger partial charge in [-0.15, -0.1) is 5.10 Å². The first-order valence-electron chi connectivity index (χ1n) is 1.61. The standard InChI is InChI=1S/CH5N4O2P/c2-1(3)4-5-8(6)7/h(H4,2,3,4)(H,5,6,7). The van der Waals surface area contributed by atoms with Gasteiger partial charge in [-0.3, -0.25) is 0 Å². The van der Waals surface area contributed by atoms with Crippen LogP contribution in [0.2, 0.25) is 0 Å². The average molecular weight is 136 g/mol. The number of hydrogen-bond acceptors (Lipinski definition) is 3. The Morgan fingerprint density at radius 1 is 1.75 bits per heavy atom. The van der Waals surface area contributed by atoms with E-state index in [4.69, 9.17) is 11.5 Å². The van der Waals surface area contributed by atoms with Gasteiger partial charge in [-0.05, 0) is 4.57 Å². The molecule has 0 radical (unpaired) electrons. The van der Waals surface area contributed by atoms with Gasteiger partial charge in [0.25, 0.3) is 0 Å². The molecule has 46 valence electrons. The summed E-state index contributed by atoms with van der Waals surface area (Å²) in [6.07, 6.45) is 0. The Balaban J connectivity index is 3.45. The molecule has 0 aliphatic rings. The van der Waals surface area contributed by atoms with Gasteiger partial charge in [0.05, 0.1) is 0 Å². The number of nitrogens with zero attached hydrogens (tertiary/aromatic N) is 1. The molecule has 0 bridgehead atoms. The van der Waals surface area contributed by atoms with E-state index in [0.717, 1.165) is 0 Å². The van der Waals surface area contributed by atoms with Crippen molar-refractivity contribution in [2.45, 2.75) is 0 Å². The monoisotopic (exact) mass is 136 g/mol. The summed E-state index contributed by atoms with van der Waals surface area (Å²) in [6, 6.07) is 0. The Hall–Kier alpha value is -0.870. The lowest BCUT2D eigenvalue weighted by Gasteiger charge is -1.85. The zero-order valence-corrected chi connectivity index (χ0v) is 4.76. The molecular formula is CH5N4O2P. The lowest BCUT2D eigenvalue weighted by atomic mass is 11.1. The largest absolute Gasteiger partial charge is 0.572 e. The minimum atomic E-state index is -2.73. The highest BCUT2D eigenvalue weighted by molar-refractivity contribution is 7.33. The van der Waals surface area contributed by atoms with E-state index in [9.17, 15) is 9.46 Å². The van der Waals surface area contributed by atoms with Gasteiger partial charge in [-0.1, -0.05) is 5.20 Å². The van der Waals surface area contributed by atoms with Crippen LogP contribution in [0.3, 0.4) is 0 Å². The second kappa shape index (κ2) is 3.17. The molecule has 1 unspecified atom stereocenters. The van der Waals surface area contributed by atoms with Crippen LogP contribution in [-0.2, 0) is 4.57 Å². The van der Waals surface area contributed by atoms with Gasteiger partial charge in [0.1, 0.15) is 0 Å². The first kappa shape index (κ1) is 7.13. The van der Waals surface area contributed by atoms with Crippen molar-refractivity contribution in [1.29, 1.82) is 0 Å². The number of hydrogen-bond donors (Lipinski definition) is 3. The Morgan fingerprint density at radius 2 is 2.25 bits per heavy atom. The molecule has 0 heterocycles. The lowest BCUT2D eigenvalue weighted by Crippen LogP contribution is -2.25. The Labute approximate surface area is 46.5 Å². The van der Waals surface area contributed by atoms with Gasteiger partial charge < -0.3 is 16.4 Å². The number of nitrogens with two attached hydrogens (primary N) is 2. The fraction of sp³-hybridized carbons (Fsp3) is 0. The van der Waals surface area contributed by atoms with Crippen LogP contribution in [0.5, 0.6) is 0 Å². The summed E-state index contributed by atoms with van der Waals surface area (Å²) in [7, 11) is -2.73. The van der Waals surface area contributed by atoms with Gasteiger partial charge in [0.15, 0.2) is 0 Å². The summed E-state index contributed by atoms with van der Waals surface area (Å²) in [6.45, 7) is 0. The number of rotatable bonds is 2. The first-order valence-corrected chi connectivity index (χ1v) is 2.79. The van der Waals surface area contributed by atoms with Crippen molar-refractivity contribution in [1.82, 2.24) is 5.20 Å². The minimum Gasteiger partial charge on any atom is -0.572 e. The molecule has 0 aliphatic heterocycles. The van der Waals surface area contributed by atoms with Gasteiger partial charge >= 0.3 is 8.18 Å². The molecule has 7 heteroatoms. The van der Waals surface area contributed by atoms with Crippen molar-refractivity contribution in [3.05, 3.63) is 0 Å². The smallest absolute Gasteiger partial charge is 0.454 e. The molecule has 0 aromatic rings. The number of guanidine groups is 1. The molecule has 1 atom stereocenters. The molecule has 0 rings (SSSR count). The van der Waals surface area contributed by atoms with E-state index in [-0.39, 0.29) is 5.96 Å². The molecule has 0 spiro atoms. The van der Waals surface area contributed by atoms with Crippen molar-refractivity contribution in [2.75, 3.05) is 0 Å². The van der Waals surface area contributed by atoms with E-state index < -0.39 is 8.18 Å². The molecule has 5 N–H and O–H groups in total. The predicted octanol–water partition coefficient (Wildman–Crippen LogP) is -2.22. The SMILES string of the molecule is NC(N)=NN[P+](=O)[O-]. The van der Waals surface area contributed by atoms with Crippen LogP contribution in [0.4, 0.5) is 0 Å². The zero-order chi connectivity index (χ0) is 6.57. The molecule has 0 saturated heterocycles. The zero-order valence-electron chi connectivity index (χ0n) is 3.87. The molecule has 0 amide bonds. The van der Waals surface area contributed by atoms with Gasteiger partial charge in [-0.2, -0.15) is 0 Å². The van der Waals surface area contributed by atoms with E-state index in [1.807, 2.05) is 0 Å². The van der Waals surface area contributed by atoms with Crippen LogP contribution in [0, 0.1) is 0 Å². The second-order valence-corrected chi connectivity index (χ2v) is 1.61. The normalized spacial score (nSPS) is 9.88. The van der Waals surface area contributed by atoms with Gasteiger partial charge in [0.2, 0.25) is 5.96 Å². The van der Waals surface area contributed by atoms with Crippen LogP contribution in [0.25, 0.3) is 0 Å². The van der Waals surface area contributed by atoms with Crippen LogP contribution in [0.15, 0.2) is 5.10 Å². The van der Waals surface area contributed by atoms with E-state index in [1.165, 1.54) is 0 Å². The summed E-state index contributed by atoms with van der Waals surface area (Å²) in [5, 5.41) is 4.59. The second-order valence-electron chi connectivity index (χ2n) is 0.894. The number of nitrogens with one attached hydrogen (secondary N) is 1. The summed E-state index contributed by atoms with van der Waals surface area (Å²) < 4.78 is 9.61. The third-order valence-corrected chi connectivity index (χ3v) is 0.524. The maximum absolute atomic E-state index is 9.61. The highest BCUT2D eigenvalue weighted by Crippen LogP contribution is 1.94. The maximum atomic E-state index is 9.61. The van der Waals surface area contributed by atoms with E-state index >= 15 is 0 Å². The fourth-order valence-electron chi connectivity index (χ4n) is 0.0986. The van der Waals surface area contributed by atoms with Crippen LogP contribution < -0.4 is 21.6 Å². The van der Waals surface area contributed by atoms with E-state index in [1.54, 1.807) is 5.20 Å². The maximum Gasteiger partial charge on any atom is 0.454 e. The molecule has 0 aromatic heterocycles. The highest BCUT2D eigenvalue weighted by Gasteiger charge is 1.91. The summed E-state index contributed by atoms with van der Waals surface area (Å²) in [5.74, 6) is -0.316. The number of hydrazone groups is 1. The molecule has 0 fully saturated rings. The molecule has 0 saturated carbocycles. The van der Waals surface area contributed by atoms with Gasteiger partial charge in [0, 0.05) is 0 Å². The quantitative estimate of drug-likeness (QED) is 0.172. The summed E-state index contributed by atoms with van der Waals surface area (Å²) in [5.41, 5.74) is 9.48. The predicted molar refractivity (Wildman–Crippen MR) is 26.6 cm³/mol. The van der Waals surface area contributed by atoms with Crippen LogP contribution >= 0.6 is 8.18 Å². The van der Waals surface area contributed by atoms with E-state index in [0.29, 0.717) is 0 Å².